The third kappa shape index (κ3) is 2.54. The number of urea groups is 1. The zero-order valence-electron chi connectivity index (χ0n) is 10.6. The average Bonchev–Trinajstić information content (AvgIpc) is 2.96. The number of carboxylic acids is 1. The Morgan fingerprint density at radius 2 is 2.10 bits per heavy atom. The first-order valence-corrected chi connectivity index (χ1v) is 6.19. The van der Waals surface area contributed by atoms with E-state index in [2.05, 4.69) is 5.32 Å². The van der Waals surface area contributed by atoms with Gasteiger partial charge in [0.05, 0.1) is 12.6 Å². The van der Waals surface area contributed by atoms with Crippen LogP contribution in [0.25, 0.3) is 0 Å². The van der Waals surface area contributed by atoms with Crippen LogP contribution in [0, 0.1) is 5.41 Å². The van der Waals surface area contributed by atoms with Gasteiger partial charge in [0, 0.05) is 19.7 Å². The number of ether oxygens (including phenoxy) is 1. The molecule has 2 atom stereocenters. The minimum atomic E-state index is -4.88. The molecule has 9 heteroatoms. The number of carbonyl (C=O) groups excluding carboxylic acids is 1. The average molecular weight is 296 g/mol. The molecule has 0 bridgehead atoms. The van der Waals surface area contributed by atoms with E-state index in [0.717, 1.165) is 4.90 Å². The van der Waals surface area contributed by atoms with Crippen LogP contribution in [0.1, 0.15) is 12.8 Å². The van der Waals surface area contributed by atoms with E-state index in [1.807, 2.05) is 0 Å². The van der Waals surface area contributed by atoms with Crippen LogP contribution >= 0.6 is 0 Å². The fraction of sp³-hybridized carbons (Fsp3) is 0.818. The van der Waals surface area contributed by atoms with Gasteiger partial charge < -0.3 is 20.1 Å². The minimum absolute atomic E-state index is 0.229. The third-order valence-corrected chi connectivity index (χ3v) is 3.77. The van der Waals surface area contributed by atoms with Crippen LogP contribution in [0.15, 0.2) is 0 Å². The van der Waals surface area contributed by atoms with E-state index >= 15 is 0 Å². The predicted molar refractivity (Wildman–Crippen MR) is 60.1 cm³/mol. The standard InChI is InChI=1S/C11H15F3N2O4/c12-11(13,14)10(8(17)18)2-3-16(6-10)9(19)15-7-1-4-20-5-7/h7H,1-6H2,(H,15,19)(H,17,18). The number of hydrogen-bond donors (Lipinski definition) is 2. The van der Waals surface area contributed by atoms with Crippen molar-refractivity contribution in [3.05, 3.63) is 0 Å². The molecule has 2 aliphatic heterocycles. The van der Waals surface area contributed by atoms with Gasteiger partial charge in [-0.15, -0.1) is 0 Å². The topological polar surface area (TPSA) is 78.9 Å². The summed E-state index contributed by atoms with van der Waals surface area (Å²) >= 11 is 0. The molecule has 0 spiro atoms. The van der Waals surface area contributed by atoms with Gasteiger partial charge in [-0.1, -0.05) is 0 Å². The number of alkyl halides is 3. The van der Waals surface area contributed by atoms with Crippen LogP contribution in [0.4, 0.5) is 18.0 Å². The van der Waals surface area contributed by atoms with Gasteiger partial charge in [0.2, 0.25) is 0 Å². The van der Waals surface area contributed by atoms with E-state index < -0.39 is 36.6 Å². The Labute approximate surface area is 112 Å². The summed E-state index contributed by atoms with van der Waals surface area (Å²) in [5.41, 5.74) is -2.86. The maximum atomic E-state index is 12.9. The Bertz CT molecular complexity index is 409. The van der Waals surface area contributed by atoms with E-state index in [4.69, 9.17) is 9.84 Å². The number of aliphatic carboxylic acids is 1. The number of hydrogen-bond acceptors (Lipinski definition) is 3. The Hall–Kier alpha value is -1.51. The smallest absolute Gasteiger partial charge is 0.406 e. The van der Waals surface area contributed by atoms with Crippen molar-refractivity contribution in [2.24, 2.45) is 5.41 Å². The molecular formula is C11H15F3N2O4. The monoisotopic (exact) mass is 296 g/mol. The zero-order valence-corrected chi connectivity index (χ0v) is 10.6. The first kappa shape index (κ1) is 14.9. The van der Waals surface area contributed by atoms with Gasteiger partial charge >= 0.3 is 18.2 Å². The van der Waals surface area contributed by atoms with Crippen molar-refractivity contribution in [2.75, 3.05) is 26.3 Å². The summed E-state index contributed by atoms with van der Waals surface area (Å²) in [6.07, 6.45) is -4.91. The van der Waals surface area contributed by atoms with Crippen LogP contribution in [0.5, 0.6) is 0 Å². The summed E-state index contributed by atoms with van der Waals surface area (Å²) in [6.45, 7) is -0.272. The molecule has 0 radical (unpaired) electrons. The number of likely N-dealkylation sites (tertiary alicyclic amines) is 1. The largest absolute Gasteiger partial charge is 0.481 e. The Morgan fingerprint density at radius 3 is 2.55 bits per heavy atom. The maximum absolute atomic E-state index is 12.9. The van der Waals surface area contributed by atoms with Crippen molar-refractivity contribution in [3.8, 4) is 0 Å². The number of carboxylic acid groups (broad SMARTS) is 1. The van der Waals surface area contributed by atoms with Gasteiger partial charge in [-0.25, -0.2) is 4.79 Å². The van der Waals surface area contributed by atoms with Gasteiger partial charge in [-0.2, -0.15) is 13.2 Å². The molecule has 2 rings (SSSR count). The lowest BCUT2D eigenvalue weighted by Crippen LogP contribution is -2.50. The third-order valence-electron chi connectivity index (χ3n) is 3.77. The molecule has 0 aromatic rings. The number of nitrogens with one attached hydrogen (secondary N) is 1. The van der Waals surface area contributed by atoms with Crippen molar-refractivity contribution in [1.82, 2.24) is 10.2 Å². The van der Waals surface area contributed by atoms with E-state index in [-0.39, 0.29) is 12.6 Å². The highest BCUT2D eigenvalue weighted by Crippen LogP contribution is 2.45. The summed E-state index contributed by atoms with van der Waals surface area (Å²) in [7, 11) is 0. The van der Waals surface area contributed by atoms with Crippen molar-refractivity contribution in [3.63, 3.8) is 0 Å². The quantitative estimate of drug-likeness (QED) is 0.791. The van der Waals surface area contributed by atoms with Crippen LogP contribution in [0.3, 0.4) is 0 Å². The highest BCUT2D eigenvalue weighted by atomic mass is 19.4. The Morgan fingerprint density at radius 1 is 1.40 bits per heavy atom. The fourth-order valence-electron chi connectivity index (χ4n) is 2.42. The second kappa shape index (κ2) is 5.12. The van der Waals surface area contributed by atoms with E-state index in [9.17, 15) is 22.8 Å². The van der Waals surface area contributed by atoms with Crippen molar-refractivity contribution < 1.29 is 32.6 Å². The highest BCUT2D eigenvalue weighted by Gasteiger charge is 2.64. The molecule has 20 heavy (non-hydrogen) atoms. The normalized spacial score (nSPS) is 30.6. The molecule has 0 aliphatic carbocycles. The molecule has 114 valence electrons. The predicted octanol–water partition coefficient (Wildman–Crippen LogP) is 0.824. The first-order valence-electron chi connectivity index (χ1n) is 6.19. The second-order valence-corrected chi connectivity index (χ2v) is 5.07. The zero-order chi connectivity index (χ0) is 15.0. The number of amides is 2. The van der Waals surface area contributed by atoms with Crippen molar-refractivity contribution in [1.29, 1.82) is 0 Å². The van der Waals surface area contributed by atoms with E-state index in [1.54, 1.807) is 0 Å². The lowest BCUT2D eigenvalue weighted by atomic mass is 9.86. The fourth-order valence-corrected chi connectivity index (χ4v) is 2.42. The van der Waals surface area contributed by atoms with Crippen LogP contribution in [-0.4, -0.2) is 60.5 Å². The van der Waals surface area contributed by atoms with E-state index in [0.29, 0.717) is 19.6 Å². The van der Waals surface area contributed by atoms with Gasteiger partial charge in [0.15, 0.2) is 5.41 Å². The van der Waals surface area contributed by atoms with Crippen molar-refractivity contribution >= 4 is 12.0 Å². The molecule has 2 aliphatic rings. The lowest BCUT2D eigenvalue weighted by Gasteiger charge is -2.27. The van der Waals surface area contributed by atoms with Crippen LogP contribution in [-0.2, 0) is 9.53 Å². The van der Waals surface area contributed by atoms with Crippen LogP contribution in [0.2, 0.25) is 0 Å². The summed E-state index contributed by atoms with van der Waals surface area (Å²) in [5, 5.41) is 11.4. The molecule has 2 N–H and O–H groups in total. The number of nitrogens with zero attached hydrogens (tertiary/aromatic N) is 1. The second-order valence-electron chi connectivity index (χ2n) is 5.07. The minimum Gasteiger partial charge on any atom is -0.481 e. The Balaban J connectivity index is 2.02. The van der Waals surface area contributed by atoms with Gasteiger partial charge in [-0.3, -0.25) is 4.79 Å². The molecule has 2 unspecified atom stereocenters. The number of rotatable bonds is 2. The molecule has 6 nitrogen and oxygen atoms in total. The maximum Gasteiger partial charge on any atom is 0.406 e. The molecule has 0 aromatic carbocycles. The molecule has 2 saturated heterocycles. The van der Waals surface area contributed by atoms with Crippen LogP contribution < -0.4 is 5.32 Å². The number of carbonyl (C=O) groups is 2. The summed E-state index contributed by atoms with van der Waals surface area (Å²) in [6, 6.07) is -0.902. The highest BCUT2D eigenvalue weighted by molar-refractivity contribution is 5.80. The number of halogens is 3. The van der Waals surface area contributed by atoms with Gasteiger partial charge in [-0.05, 0) is 12.8 Å². The molecule has 0 aromatic heterocycles. The lowest BCUT2D eigenvalue weighted by molar-refractivity contribution is -0.226. The molecular weight excluding hydrogens is 281 g/mol. The molecule has 2 heterocycles. The SMILES string of the molecule is O=C(NC1CCOC1)N1CCC(C(=O)O)(C(F)(F)F)C1. The van der Waals surface area contributed by atoms with Crippen molar-refractivity contribution in [2.45, 2.75) is 25.1 Å². The van der Waals surface area contributed by atoms with Gasteiger partial charge in [0.25, 0.3) is 0 Å². The Kier molecular flexibility index (Phi) is 3.81. The van der Waals surface area contributed by atoms with E-state index in [1.165, 1.54) is 0 Å². The molecule has 2 fully saturated rings. The molecule has 2 amide bonds. The summed E-state index contributed by atoms with van der Waals surface area (Å²) in [4.78, 5) is 23.7. The summed E-state index contributed by atoms with van der Waals surface area (Å²) in [5.74, 6) is -1.94. The molecule has 0 saturated carbocycles. The first-order chi connectivity index (χ1) is 9.26. The van der Waals surface area contributed by atoms with Gasteiger partial charge in [0.1, 0.15) is 0 Å². The summed E-state index contributed by atoms with van der Waals surface area (Å²) < 4.78 is 43.9.